The molecule has 0 aliphatic heterocycles. The van der Waals surface area contributed by atoms with Crippen LogP contribution in [-0.2, 0) is 0 Å². The lowest BCUT2D eigenvalue weighted by Crippen LogP contribution is -2.33. The van der Waals surface area contributed by atoms with Crippen LogP contribution in [0.3, 0.4) is 0 Å². The molecule has 1 aromatic carbocycles. The summed E-state index contributed by atoms with van der Waals surface area (Å²) in [5.74, 6) is -0.357. The Morgan fingerprint density at radius 2 is 2.22 bits per heavy atom. The van der Waals surface area contributed by atoms with Crippen LogP contribution < -0.4 is 10.5 Å². The number of ether oxygens (including phenoxy) is 1. The largest absolute Gasteiger partial charge is 0.497 e. The molecule has 0 aromatic heterocycles. The zero-order valence-electron chi connectivity index (χ0n) is 10.9. The molecule has 0 radical (unpaired) electrons. The number of halogens is 1. The summed E-state index contributed by atoms with van der Waals surface area (Å²) in [5, 5.41) is 0. The molecule has 0 aliphatic rings. The number of nitrogens with zero attached hydrogens (tertiary/aromatic N) is 1. The van der Waals surface area contributed by atoms with Crippen molar-refractivity contribution in [3.8, 4) is 5.75 Å². The zero-order chi connectivity index (χ0) is 13.7. The lowest BCUT2D eigenvalue weighted by molar-refractivity contribution is 0.0772. The first-order valence-electron chi connectivity index (χ1n) is 5.78. The van der Waals surface area contributed by atoms with Crippen LogP contribution in [0, 0.1) is 11.7 Å². The molecule has 4 nitrogen and oxygen atoms in total. The third-order valence-corrected chi connectivity index (χ3v) is 2.74. The Labute approximate surface area is 107 Å². The van der Waals surface area contributed by atoms with E-state index in [2.05, 4.69) is 0 Å². The lowest BCUT2D eigenvalue weighted by atomic mass is 10.1. The van der Waals surface area contributed by atoms with Gasteiger partial charge in [0, 0.05) is 19.7 Å². The van der Waals surface area contributed by atoms with E-state index >= 15 is 0 Å². The van der Waals surface area contributed by atoms with Crippen molar-refractivity contribution in [2.45, 2.75) is 6.92 Å². The van der Waals surface area contributed by atoms with Crippen molar-refractivity contribution >= 4 is 5.91 Å². The van der Waals surface area contributed by atoms with E-state index < -0.39 is 5.82 Å². The third kappa shape index (κ3) is 3.43. The molecule has 1 unspecified atom stereocenters. The quantitative estimate of drug-likeness (QED) is 0.866. The molecule has 0 bridgehead atoms. The van der Waals surface area contributed by atoms with Crippen LogP contribution in [0.2, 0.25) is 0 Å². The summed E-state index contributed by atoms with van der Waals surface area (Å²) in [6, 6.07) is 4.20. The van der Waals surface area contributed by atoms with Crippen molar-refractivity contribution < 1.29 is 13.9 Å². The molecule has 0 saturated heterocycles. The number of methoxy groups -OCH3 is 1. The number of hydrogen-bond donors (Lipinski definition) is 1. The number of benzene rings is 1. The Kier molecular flexibility index (Phi) is 5.09. The van der Waals surface area contributed by atoms with Crippen LogP contribution in [0.4, 0.5) is 4.39 Å². The van der Waals surface area contributed by atoms with Gasteiger partial charge in [-0.2, -0.15) is 0 Å². The maximum atomic E-state index is 13.7. The van der Waals surface area contributed by atoms with E-state index in [1.807, 2.05) is 6.92 Å². The highest BCUT2D eigenvalue weighted by Crippen LogP contribution is 2.17. The Morgan fingerprint density at radius 3 is 2.72 bits per heavy atom. The minimum Gasteiger partial charge on any atom is -0.497 e. The fraction of sp³-hybridized carbons (Fsp3) is 0.462. The van der Waals surface area contributed by atoms with Crippen molar-refractivity contribution in [1.29, 1.82) is 0 Å². The van der Waals surface area contributed by atoms with Gasteiger partial charge in [-0.15, -0.1) is 0 Å². The molecule has 1 atom stereocenters. The fourth-order valence-electron chi connectivity index (χ4n) is 1.63. The number of rotatable bonds is 5. The first-order chi connectivity index (χ1) is 8.49. The number of amides is 1. The summed E-state index contributed by atoms with van der Waals surface area (Å²) >= 11 is 0. The minimum absolute atomic E-state index is 0.0440. The van der Waals surface area contributed by atoms with Gasteiger partial charge in [-0.1, -0.05) is 6.92 Å². The Balaban J connectivity index is 2.83. The van der Waals surface area contributed by atoms with E-state index in [9.17, 15) is 9.18 Å². The number of hydrogen-bond acceptors (Lipinski definition) is 3. The highest BCUT2D eigenvalue weighted by molar-refractivity contribution is 5.94. The van der Waals surface area contributed by atoms with Crippen molar-refractivity contribution in [3.05, 3.63) is 29.6 Å². The van der Waals surface area contributed by atoms with Crippen LogP contribution in [0.15, 0.2) is 18.2 Å². The maximum Gasteiger partial charge on any atom is 0.256 e. The van der Waals surface area contributed by atoms with Gasteiger partial charge in [0.15, 0.2) is 0 Å². The second-order valence-corrected chi connectivity index (χ2v) is 4.37. The van der Waals surface area contributed by atoms with Crippen molar-refractivity contribution in [2.75, 3.05) is 27.2 Å². The van der Waals surface area contributed by atoms with Crippen LogP contribution in [0.1, 0.15) is 17.3 Å². The smallest absolute Gasteiger partial charge is 0.256 e. The Morgan fingerprint density at radius 1 is 1.56 bits per heavy atom. The van der Waals surface area contributed by atoms with Gasteiger partial charge in [-0.25, -0.2) is 4.39 Å². The summed E-state index contributed by atoms with van der Waals surface area (Å²) in [5.41, 5.74) is 5.54. The van der Waals surface area contributed by atoms with Gasteiger partial charge < -0.3 is 15.4 Å². The topological polar surface area (TPSA) is 55.6 Å². The molecule has 1 aromatic rings. The van der Waals surface area contributed by atoms with Crippen LogP contribution >= 0.6 is 0 Å². The molecule has 0 fully saturated rings. The Bertz CT molecular complexity index is 423. The third-order valence-electron chi connectivity index (χ3n) is 2.74. The van der Waals surface area contributed by atoms with Crippen molar-refractivity contribution in [1.82, 2.24) is 4.90 Å². The summed E-state index contributed by atoms with van der Waals surface area (Å²) in [6.45, 7) is 2.93. The molecular formula is C13H19FN2O2. The van der Waals surface area contributed by atoms with Crippen molar-refractivity contribution in [2.24, 2.45) is 11.7 Å². The first kappa shape index (κ1) is 14.4. The molecule has 2 N–H and O–H groups in total. The van der Waals surface area contributed by atoms with E-state index in [-0.39, 0.29) is 17.4 Å². The van der Waals surface area contributed by atoms with Gasteiger partial charge in [0.1, 0.15) is 11.6 Å². The number of carbonyl (C=O) groups is 1. The molecule has 0 saturated carbocycles. The predicted molar refractivity (Wildman–Crippen MR) is 68.1 cm³/mol. The van der Waals surface area contributed by atoms with Gasteiger partial charge in [0.2, 0.25) is 0 Å². The average molecular weight is 254 g/mol. The standard InChI is InChI=1S/C13H19FN2O2/c1-9(7-15)8-16(2)13(17)11-5-4-10(18-3)6-12(11)14/h4-6,9H,7-8,15H2,1-3H3. The lowest BCUT2D eigenvalue weighted by Gasteiger charge is -2.21. The molecular weight excluding hydrogens is 235 g/mol. The molecule has 5 heteroatoms. The van der Waals surface area contributed by atoms with E-state index in [1.165, 1.54) is 24.1 Å². The normalized spacial score (nSPS) is 12.1. The van der Waals surface area contributed by atoms with E-state index in [4.69, 9.17) is 10.5 Å². The average Bonchev–Trinajstić information content (AvgIpc) is 2.37. The van der Waals surface area contributed by atoms with Gasteiger partial charge in [0.25, 0.3) is 5.91 Å². The van der Waals surface area contributed by atoms with Gasteiger partial charge in [-0.3, -0.25) is 4.79 Å². The van der Waals surface area contributed by atoms with Crippen LogP contribution in [0.5, 0.6) is 5.75 Å². The minimum atomic E-state index is -0.577. The molecule has 100 valence electrons. The van der Waals surface area contributed by atoms with Crippen LogP contribution in [-0.4, -0.2) is 38.1 Å². The SMILES string of the molecule is COc1ccc(C(=O)N(C)CC(C)CN)c(F)c1. The van der Waals surface area contributed by atoms with E-state index in [1.54, 1.807) is 13.1 Å². The Hall–Kier alpha value is -1.62. The van der Waals surface area contributed by atoms with E-state index in [0.717, 1.165) is 0 Å². The van der Waals surface area contributed by atoms with E-state index in [0.29, 0.717) is 18.8 Å². The van der Waals surface area contributed by atoms with Gasteiger partial charge in [-0.05, 0) is 24.6 Å². The monoisotopic (exact) mass is 254 g/mol. The van der Waals surface area contributed by atoms with Gasteiger partial charge >= 0.3 is 0 Å². The predicted octanol–water partition coefficient (Wildman–Crippen LogP) is 1.50. The molecule has 1 amide bonds. The fourth-order valence-corrected chi connectivity index (χ4v) is 1.63. The van der Waals surface area contributed by atoms with Crippen LogP contribution in [0.25, 0.3) is 0 Å². The maximum absolute atomic E-state index is 13.7. The second-order valence-electron chi connectivity index (χ2n) is 4.37. The molecule has 0 heterocycles. The first-order valence-corrected chi connectivity index (χ1v) is 5.78. The number of nitrogens with two attached hydrogens (primary N) is 1. The summed E-state index contributed by atoms with van der Waals surface area (Å²) in [6.07, 6.45) is 0. The molecule has 0 aliphatic carbocycles. The summed E-state index contributed by atoms with van der Waals surface area (Å²) in [4.78, 5) is 13.5. The zero-order valence-corrected chi connectivity index (χ0v) is 10.9. The van der Waals surface area contributed by atoms with Gasteiger partial charge in [0.05, 0.1) is 12.7 Å². The highest BCUT2D eigenvalue weighted by Gasteiger charge is 2.18. The highest BCUT2D eigenvalue weighted by atomic mass is 19.1. The number of carbonyl (C=O) groups excluding carboxylic acids is 1. The van der Waals surface area contributed by atoms with Crippen molar-refractivity contribution in [3.63, 3.8) is 0 Å². The second kappa shape index (κ2) is 6.35. The summed E-state index contributed by atoms with van der Waals surface area (Å²) in [7, 11) is 3.09. The summed E-state index contributed by atoms with van der Waals surface area (Å²) < 4.78 is 18.6. The molecule has 0 spiro atoms. The molecule has 1 rings (SSSR count). The molecule has 18 heavy (non-hydrogen) atoms.